The normalized spacial score (nSPS) is 18.7. The zero-order valence-electron chi connectivity index (χ0n) is 15.2. The number of hydrogen-bond acceptors (Lipinski definition) is 6. The third-order valence-electron chi connectivity index (χ3n) is 4.61. The molecule has 28 heavy (non-hydrogen) atoms. The number of aromatic nitrogens is 1. The van der Waals surface area contributed by atoms with E-state index in [4.69, 9.17) is 0 Å². The number of carbonyl (C=O) groups is 2. The summed E-state index contributed by atoms with van der Waals surface area (Å²) in [5, 5.41) is 14.2. The van der Waals surface area contributed by atoms with Gasteiger partial charge in [-0.05, 0) is 31.9 Å². The fourth-order valence-electron chi connectivity index (χ4n) is 3.13. The zero-order chi connectivity index (χ0) is 20.3. The van der Waals surface area contributed by atoms with E-state index < -0.39 is 34.0 Å². The van der Waals surface area contributed by atoms with Gasteiger partial charge in [0.15, 0.2) is 0 Å². The number of carbonyl (C=O) groups excluding carboxylic acids is 1. The molecule has 0 spiro atoms. The third kappa shape index (κ3) is 4.40. The number of rotatable bonds is 7. The Morgan fingerprint density at radius 1 is 1.36 bits per heavy atom. The van der Waals surface area contributed by atoms with E-state index in [1.807, 2.05) is 6.92 Å². The summed E-state index contributed by atoms with van der Waals surface area (Å²) in [6.45, 7) is 2.08. The molecule has 2 heterocycles. The monoisotopic (exact) mass is 423 g/mol. The van der Waals surface area contributed by atoms with E-state index in [-0.39, 0.29) is 17.9 Å². The molecule has 1 saturated heterocycles. The average molecular weight is 424 g/mol. The molecule has 0 aliphatic carbocycles. The predicted octanol–water partition coefficient (Wildman–Crippen LogP) is 1.42. The van der Waals surface area contributed by atoms with Crippen LogP contribution in [0.4, 0.5) is 0 Å². The lowest BCUT2D eigenvalue weighted by atomic mass is 10.1. The van der Waals surface area contributed by atoms with E-state index in [1.165, 1.54) is 23.5 Å². The molecule has 2 atom stereocenters. The molecule has 3 rings (SSSR count). The summed E-state index contributed by atoms with van der Waals surface area (Å²) in [6, 6.07) is 4.34. The topological polar surface area (TPSA) is 117 Å². The van der Waals surface area contributed by atoms with Gasteiger partial charge in [-0.2, -0.15) is 4.31 Å². The van der Waals surface area contributed by atoms with Crippen LogP contribution in [0.15, 0.2) is 40.7 Å². The quantitative estimate of drug-likeness (QED) is 0.696. The molecule has 1 aliphatic rings. The summed E-state index contributed by atoms with van der Waals surface area (Å²) >= 11 is 1.30. The van der Waals surface area contributed by atoms with Crippen molar-refractivity contribution in [1.29, 1.82) is 0 Å². The lowest BCUT2D eigenvalue weighted by molar-refractivity contribution is -0.142. The van der Waals surface area contributed by atoms with Crippen LogP contribution in [0, 0.1) is 6.92 Å². The van der Waals surface area contributed by atoms with E-state index in [0.717, 1.165) is 9.87 Å². The summed E-state index contributed by atoms with van der Waals surface area (Å²) in [7, 11) is -3.84. The van der Waals surface area contributed by atoms with Crippen LogP contribution in [0.5, 0.6) is 0 Å². The predicted molar refractivity (Wildman–Crippen MR) is 103 cm³/mol. The Labute approximate surface area is 167 Å². The summed E-state index contributed by atoms with van der Waals surface area (Å²) in [4.78, 5) is 28.4. The molecule has 10 heteroatoms. The van der Waals surface area contributed by atoms with Crippen LogP contribution in [0.25, 0.3) is 0 Å². The Kier molecular flexibility index (Phi) is 6.11. The van der Waals surface area contributed by atoms with Gasteiger partial charge in [0.1, 0.15) is 12.1 Å². The third-order valence-corrected chi connectivity index (χ3v) is 7.34. The van der Waals surface area contributed by atoms with Crippen molar-refractivity contribution in [2.24, 2.45) is 0 Å². The fourth-order valence-corrected chi connectivity index (χ4v) is 5.45. The Morgan fingerprint density at radius 2 is 2.07 bits per heavy atom. The van der Waals surface area contributed by atoms with Gasteiger partial charge in [0, 0.05) is 24.5 Å². The number of thiazole rings is 1. The summed E-state index contributed by atoms with van der Waals surface area (Å²) in [5.41, 5.74) is 0.932. The van der Waals surface area contributed by atoms with Gasteiger partial charge in [-0.15, -0.1) is 11.3 Å². The first-order valence-corrected chi connectivity index (χ1v) is 11.1. The molecule has 1 fully saturated rings. The largest absolute Gasteiger partial charge is 0.480 e. The number of sulfonamides is 1. The number of nitrogens with zero attached hydrogens (tertiary/aromatic N) is 2. The standard InChI is InChI=1S/C18H21N3O5S2/c1-12-4-6-13(7-5-12)28(25,26)21-9-2-3-15(21)17(22)20-14(18(23)24)11-16-19-8-10-27-16/h4-8,10,14-15H,2-3,9,11H2,1H3,(H,20,22)(H,23,24)/t14?,15-/m0/s1. The van der Waals surface area contributed by atoms with Crippen molar-refractivity contribution >= 4 is 33.2 Å². The fraction of sp³-hybridized carbons (Fsp3) is 0.389. The zero-order valence-corrected chi connectivity index (χ0v) is 16.9. The molecule has 150 valence electrons. The second kappa shape index (κ2) is 8.38. The lowest BCUT2D eigenvalue weighted by Gasteiger charge is -2.25. The van der Waals surface area contributed by atoms with E-state index in [0.29, 0.717) is 17.8 Å². The second-order valence-electron chi connectivity index (χ2n) is 6.62. The maximum Gasteiger partial charge on any atom is 0.326 e. The maximum atomic E-state index is 13.0. The van der Waals surface area contributed by atoms with Gasteiger partial charge in [0.25, 0.3) is 0 Å². The minimum atomic E-state index is -3.84. The number of carboxylic acids is 1. The average Bonchev–Trinajstić information content (AvgIpc) is 3.33. The first-order chi connectivity index (χ1) is 13.3. The highest BCUT2D eigenvalue weighted by Gasteiger charge is 2.40. The molecule has 0 bridgehead atoms. The number of hydrogen-bond donors (Lipinski definition) is 2. The molecular formula is C18H21N3O5S2. The number of nitrogens with one attached hydrogen (secondary N) is 1. The Balaban J connectivity index is 1.76. The molecule has 1 aliphatic heterocycles. The maximum absolute atomic E-state index is 13.0. The highest BCUT2D eigenvalue weighted by Crippen LogP contribution is 2.26. The van der Waals surface area contributed by atoms with E-state index >= 15 is 0 Å². The first kappa shape index (κ1) is 20.4. The number of aliphatic carboxylic acids is 1. The van der Waals surface area contributed by atoms with Crippen LogP contribution in [-0.4, -0.2) is 53.3 Å². The Hall–Kier alpha value is -2.30. The molecule has 0 radical (unpaired) electrons. The molecule has 2 aromatic rings. The molecule has 1 aromatic heterocycles. The number of benzene rings is 1. The smallest absolute Gasteiger partial charge is 0.326 e. The highest BCUT2D eigenvalue weighted by atomic mass is 32.2. The second-order valence-corrected chi connectivity index (χ2v) is 9.49. The minimum absolute atomic E-state index is 0.0518. The van der Waals surface area contributed by atoms with Crippen molar-refractivity contribution in [2.75, 3.05) is 6.54 Å². The van der Waals surface area contributed by atoms with E-state index in [1.54, 1.807) is 23.7 Å². The Morgan fingerprint density at radius 3 is 2.68 bits per heavy atom. The Bertz CT molecular complexity index is 942. The van der Waals surface area contributed by atoms with Gasteiger partial charge >= 0.3 is 5.97 Å². The molecule has 0 saturated carbocycles. The summed E-state index contributed by atoms with van der Waals surface area (Å²) < 4.78 is 27.1. The molecule has 1 aromatic carbocycles. The van der Waals surface area contributed by atoms with E-state index in [9.17, 15) is 23.1 Å². The first-order valence-electron chi connectivity index (χ1n) is 8.79. The van der Waals surface area contributed by atoms with Gasteiger partial charge in [-0.25, -0.2) is 18.2 Å². The number of amides is 1. The number of aryl methyl sites for hydroxylation is 1. The van der Waals surface area contributed by atoms with Gasteiger partial charge in [0.05, 0.1) is 9.90 Å². The van der Waals surface area contributed by atoms with Crippen LogP contribution >= 0.6 is 11.3 Å². The van der Waals surface area contributed by atoms with E-state index in [2.05, 4.69) is 10.3 Å². The van der Waals surface area contributed by atoms with Crippen LogP contribution in [0.1, 0.15) is 23.4 Å². The lowest BCUT2D eigenvalue weighted by Crippen LogP contribution is -2.51. The van der Waals surface area contributed by atoms with Crippen molar-refractivity contribution < 1.29 is 23.1 Å². The van der Waals surface area contributed by atoms with Gasteiger partial charge in [-0.3, -0.25) is 4.79 Å². The summed E-state index contributed by atoms with van der Waals surface area (Å²) in [5.74, 6) is -1.79. The van der Waals surface area contributed by atoms with Crippen molar-refractivity contribution in [1.82, 2.24) is 14.6 Å². The molecule has 8 nitrogen and oxygen atoms in total. The van der Waals surface area contributed by atoms with Gasteiger partial charge < -0.3 is 10.4 Å². The van der Waals surface area contributed by atoms with Crippen molar-refractivity contribution in [3.63, 3.8) is 0 Å². The molecule has 1 amide bonds. The molecule has 1 unspecified atom stereocenters. The van der Waals surface area contributed by atoms with Gasteiger partial charge in [-0.1, -0.05) is 17.7 Å². The SMILES string of the molecule is Cc1ccc(S(=O)(=O)N2CCC[C@H]2C(=O)NC(Cc2nccs2)C(=O)O)cc1. The van der Waals surface area contributed by atoms with Crippen molar-refractivity contribution in [3.8, 4) is 0 Å². The van der Waals surface area contributed by atoms with Crippen LogP contribution in [-0.2, 0) is 26.0 Å². The number of carboxylic acid groups (broad SMARTS) is 1. The molecular weight excluding hydrogens is 402 g/mol. The minimum Gasteiger partial charge on any atom is -0.480 e. The van der Waals surface area contributed by atoms with Crippen LogP contribution < -0.4 is 5.32 Å². The van der Waals surface area contributed by atoms with Crippen LogP contribution in [0.2, 0.25) is 0 Å². The van der Waals surface area contributed by atoms with Crippen LogP contribution in [0.3, 0.4) is 0 Å². The molecule has 2 N–H and O–H groups in total. The highest BCUT2D eigenvalue weighted by molar-refractivity contribution is 7.89. The van der Waals surface area contributed by atoms with Crippen molar-refractivity contribution in [2.45, 2.75) is 43.2 Å². The summed E-state index contributed by atoms with van der Waals surface area (Å²) in [6.07, 6.45) is 2.50. The van der Waals surface area contributed by atoms with Gasteiger partial charge in [0.2, 0.25) is 15.9 Å². The van der Waals surface area contributed by atoms with Crippen molar-refractivity contribution in [3.05, 3.63) is 46.4 Å².